The van der Waals surface area contributed by atoms with Gasteiger partial charge in [0, 0.05) is 25.1 Å². The van der Waals surface area contributed by atoms with Crippen molar-refractivity contribution >= 4 is 34.7 Å². The molecule has 0 spiro atoms. The van der Waals surface area contributed by atoms with E-state index in [4.69, 9.17) is 17.3 Å². The molecule has 0 aromatic carbocycles. The quantitative estimate of drug-likeness (QED) is 0.482. The van der Waals surface area contributed by atoms with E-state index in [2.05, 4.69) is 20.1 Å². The minimum absolute atomic E-state index is 0.0633. The van der Waals surface area contributed by atoms with Crippen LogP contribution in [0.4, 0.5) is 11.8 Å². The number of Topliss-reactive ketones (excluding diaryl/α,β-unsaturated/α-hetero) is 1. The van der Waals surface area contributed by atoms with E-state index in [0.717, 1.165) is 0 Å². The van der Waals surface area contributed by atoms with E-state index in [1.807, 2.05) is 4.90 Å². The average molecular weight is 437 g/mol. The lowest BCUT2D eigenvalue weighted by atomic mass is 10.0. The van der Waals surface area contributed by atoms with Crippen molar-refractivity contribution in [2.24, 2.45) is 0 Å². The van der Waals surface area contributed by atoms with E-state index in [-0.39, 0.29) is 28.8 Å². The summed E-state index contributed by atoms with van der Waals surface area (Å²) >= 11 is 6.24. The van der Waals surface area contributed by atoms with Gasteiger partial charge in [-0.25, -0.2) is 19.1 Å². The third kappa shape index (κ3) is 3.03. The number of rotatable bonds is 4. The number of halogens is 1. The summed E-state index contributed by atoms with van der Waals surface area (Å²) in [6.07, 6.45) is 5.36. The van der Waals surface area contributed by atoms with Crippen molar-refractivity contribution in [2.75, 3.05) is 17.2 Å². The Bertz CT molecular complexity index is 1380. The number of carbonyl (C=O) groups excluding carboxylic acids is 1. The van der Waals surface area contributed by atoms with E-state index < -0.39 is 0 Å². The molecule has 1 unspecified atom stereocenters. The molecule has 4 aromatic heterocycles. The molecule has 156 valence electrons. The van der Waals surface area contributed by atoms with Crippen LogP contribution in [0, 0.1) is 0 Å². The molecule has 0 saturated carbocycles. The highest BCUT2D eigenvalue weighted by atomic mass is 35.5. The lowest BCUT2D eigenvalue weighted by Crippen LogP contribution is -2.46. The van der Waals surface area contributed by atoms with Gasteiger partial charge in [-0.05, 0) is 31.5 Å². The number of nitrogen functional groups attached to an aromatic ring is 1. The fourth-order valence-electron chi connectivity index (χ4n) is 3.73. The van der Waals surface area contributed by atoms with E-state index in [1.54, 1.807) is 36.7 Å². The first kappa shape index (κ1) is 19.2. The summed E-state index contributed by atoms with van der Waals surface area (Å²) < 4.78 is 2.92. The number of nitrogens with zero attached hydrogens (tertiary/aromatic N) is 7. The van der Waals surface area contributed by atoms with Gasteiger partial charge in [0.1, 0.15) is 17.2 Å². The Morgan fingerprint density at radius 3 is 2.77 bits per heavy atom. The second-order valence-electron chi connectivity index (χ2n) is 7.16. The molecule has 0 bridgehead atoms. The molecule has 1 fully saturated rings. The fourth-order valence-corrected chi connectivity index (χ4v) is 3.96. The topological polar surface area (TPSA) is 124 Å². The molecule has 0 amide bonds. The van der Waals surface area contributed by atoms with Crippen LogP contribution in [-0.2, 0) is 0 Å². The molecule has 4 aromatic rings. The highest BCUT2D eigenvalue weighted by Crippen LogP contribution is 2.38. The Balaban J connectivity index is 1.72. The summed E-state index contributed by atoms with van der Waals surface area (Å²) in [6.45, 7) is 2.06. The van der Waals surface area contributed by atoms with Gasteiger partial charge in [0.15, 0.2) is 11.6 Å². The van der Waals surface area contributed by atoms with E-state index in [1.165, 1.54) is 22.2 Å². The summed E-state index contributed by atoms with van der Waals surface area (Å²) in [6, 6.07) is 6.58. The summed E-state index contributed by atoms with van der Waals surface area (Å²) in [5, 5.41) is 4.99. The van der Waals surface area contributed by atoms with Crippen LogP contribution >= 0.6 is 11.6 Å². The van der Waals surface area contributed by atoms with Crippen molar-refractivity contribution in [1.82, 2.24) is 29.1 Å². The number of ketones is 1. The number of hydrogen-bond acceptors (Lipinski definition) is 8. The monoisotopic (exact) mass is 436 g/mol. The molecule has 2 N–H and O–H groups in total. The maximum absolute atomic E-state index is 13.4. The van der Waals surface area contributed by atoms with Gasteiger partial charge in [-0.2, -0.15) is 10.1 Å². The lowest BCUT2D eigenvalue weighted by Gasteiger charge is -2.42. The van der Waals surface area contributed by atoms with Gasteiger partial charge >= 0.3 is 0 Å². The van der Waals surface area contributed by atoms with Crippen molar-refractivity contribution < 1.29 is 4.79 Å². The van der Waals surface area contributed by atoms with Crippen LogP contribution in [-0.4, -0.2) is 41.5 Å². The molecule has 5 heterocycles. The van der Waals surface area contributed by atoms with Gasteiger partial charge in [0.25, 0.3) is 5.56 Å². The molecule has 1 aliphatic rings. The predicted octanol–water partition coefficient (Wildman–Crippen LogP) is 2.06. The third-order valence-corrected chi connectivity index (χ3v) is 5.60. The van der Waals surface area contributed by atoms with Crippen LogP contribution in [0.2, 0.25) is 5.02 Å². The minimum Gasteiger partial charge on any atom is -0.368 e. The number of hydrogen-bond donors (Lipinski definition) is 1. The molecule has 11 heteroatoms. The first-order valence-electron chi connectivity index (χ1n) is 9.57. The van der Waals surface area contributed by atoms with Crippen molar-refractivity contribution in [1.29, 1.82) is 0 Å². The van der Waals surface area contributed by atoms with Crippen LogP contribution in [0.15, 0.2) is 47.7 Å². The first-order valence-corrected chi connectivity index (χ1v) is 9.95. The third-order valence-electron chi connectivity index (χ3n) is 5.30. The van der Waals surface area contributed by atoms with E-state index in [0.29, 0.717) is 41.0 Å². The summed E-state index contributed by atoms with van der Waals surface area (Å²) in [5.74, 6) is 1.19. The van der Waals surface area contributed by atoms with E-state index >= 15 is 0 Å². The largest absolute Gasteiger partial charge is 0.368 e. The molecule has 1 atom stereocenters. The smallest absolute Gasteiger partial charge is 0.285 e. The van der Waals surface area contributed by atoms with Crippen LogP contribution in [0.5, 0.6) is 0 Å². The zero-order valence-corrected chi connectivity index (χ0v) is 17.2. The molecule has 10 nitrogen and oxygen atoms in total. The van der Waals surface area contributed by atoms with Gasteiger partial charge in [-0.1, -0.05) is 17.7 Å². The van der Waals surface area contributed by atoms with Crippen LogP contribution in [0.25, 0.3) is 11.3 Å². The van der Waals surface area contributed by atoms with Crippen molar-refractivity contribution in [3.05, 3.63) is 69.6 Å². The molecule has 0 radical (unpaired) electrons. The molecular weight excluding hydrogens is 420 g/mol. The van der Waals surface area contributed by atoms with Crippen LogP contribution < -0.4 is 16.2 Å². The average Bonchev–Trinajstić information content (AvgIpc) is 3.09. The number of anilines is 2. The molecule has 31 heavy (non-hydrogen) atoms. The zero-order valence-electron chi connectivity index (χ0n) is 16.4. The van der Waals surface area contributed by atoms with Crippen molar-refractivity contribution in [3.8, 4) is 5.82 Å². The zero-order chi connectivity index (χ0) is 21.7. The number of aromatic nitrogens is 6. The Kier molecular flexibility index (Phi) is 4.44. The molecule has 1 aliphatic heterocycles. The van der Waals surface area contributed by atoms with E-state index in [9.17, 15) is 9.59 Å². The highest BCUT2D eigenvalue weighted by Gasteiger charge is 2.37. The van der Waals surface area contributed by atoms with Crippen LogP contribution in [0.3, 0.4) is 0 Å². The summed E-state index contributed by atoms with van der Waals surface area (Å²) in [4.78, 5) is 40.0. The SMILES string of the molecule is CC(=O)c1cnc(N)nc1N1CCC1c1nn2ccc(Cl)c2c(=O)n1-c1ccccn1. The highest BCUT2D eigenvalue weighted by molar-refractivity contribution is 6.33. The van der Waals surface area contributed by atoms with Crippen molar-refractivity contribution in [2.45, 2.75) is 19.4 Å². The Morgan fingerprint density at radius 1 is 1.26 bits per heavy atom. The Hall–Kier alpha value is -3.79. The molecular formula is C20H17ClN8O2. The van der Waals surface area contributed by atoms with Gasteiger partial charge in [-0.3, -0.25) is 9.59 Å². The van der Waals surface area contributed by atoms with Gasteiger partial charge in [-0.15, -0.1) is 0 Å². The van der Waals surface area contributed by atoms with Crippen molar-refractivity contribution in [3.63, 3.8) is 0 Å². The van der Waals surface area contributed by atoms with Gasteiger partial charge in [0.05, 0.1) is 16.6 Å². The Morgan fingerprint density at radius 2 is 2.10 bits per heavy atom. The maximum atomic E-state index is 13.4. The molecule has 1 saturated heterocycles. The second kappa shape index (κ2) is 7.17. The molecule has 0 aliphatic carbocycles. The minimum atomic E-state index is -0.334. The first-order chi connectivity index (χ1) is 15.0. The number of carbonyl (C=O) groups is 1. The molecule has 5 rings (SSSR count). The fraction of sp³-hybridized carbons (Fsp3) is 0.200. The summed E-state index contributed by atoms with van der Waals surface area (Å²) in [7, 11) is 0. The predicted molar refractivity (Wildman–Crippen MR) is 115 cm³/mol. The maximum Gasteiger partial charge on any atom is 0.285 e. The van der Waals surface area contributed by atoms with Gasteiger partial charge in [0.2, 0.25) is 5.95 Å². The normalized spacial score (nSPS) is 15.8. The number of nitrogens with two attached hydrogens (primary N) is 1. The van der Waals surface area contributed by atoms with Gasteiger partial charge < -0.3 is 10.6 Å². The number of pyridine rings is 1. The summed E-state index contributed by atoms with van der Waals surface area (Å²) in [5.41, 5.74) is 6.08. The van der Waals surface area contributed by atoms with Crippen LogP contribution in [0.1, 0.15) is 35.6 Å². The second-order valence-corrected chi connectivity index (χ2v) is 7.57. The standard InChI is InChI=1S/C20H17ClN8O2/c1-11(30)12-10-24-20(22)25-17(12)27-8-6-14(27)18-26-28-9-5-13(21)16(28)19(31)29(18)15-4-2-3-7-23-15/h2-5,7,9-10,14H,6,8H2,1H3,(H2,22,24,25). The lowest BCUT2D eigenvalue weighted by molar-refractivity contribution is 0.101. The Labute approximate surface area is 180 Å². The number of fused-ring (bicyclic) bond motifs is 1.